The average molecular weight is 263 g/mol. The summed E-state index contributed by atoms with van der Waals surface area (Å²) >= 11 is 0. The second-order valence-electron chi connectivity index (χ2n) is 4.65. The summed E-state index contributed by atoms with van der Waals surface area (Å²) in [5.74, 6) is -0.547. The number of aryl methyl sites for hydroxylation is 1. The molecule has 0 spiro atoms. The summed E-state index contributed by atoms with van der Waals surface area (Å²) in [6, 6.07) is 0. The smallest absolute Gasteiger partial charge is 0.339 e. The average Bonchev–Trinajstić information content (AvgIpc) is 2.35. The van der Waals surface area contributed by atoms with E-state index in [0.717, 1.165) is 16.8 Å². The molecule has 1 rings (SSSR count). The van der Waals surface area contributed by atoms with E-state index in [2.05, 4.69) is 16.8 Å². The molecule has 0 aliphatic rings. The molecule has 0 atom stereocenters. The van der Waals surface area contributed by atoms with E-state index in [4.69, 9.17) is 0 Å². The molecule has 0 radical (unpaired) electrons. The summed E-state index contributed by atoms with van der Waals surface area (Å²) in [6.45, 7) is 10.2. The minimum Gasteiger partial charge on any atom is -0.478 e. The van der Waals surface area contributed by atoms with E-state index >= 15 is 0 Å². The maximum absolute atomic E-state index is 11.5. The van der Waals surface area contributed by atoms with E-state index in [1.165, 1.54) is 0 Å². The molecule has 5 nitrogen and oxygen atoms in total. The van der Waals surface area contributed by atoms with Gasteiger partial charge in [0.2, 0.25) is 0 Å². The van der Waals surface area contributed by atoms with Crippen LogP contribution in [0, 0.1) is 0 Å². The third-order valence-electron chi connectivity index (χ3n) is 2.91. The molecule has 1 N–H and O–H groups in total. The second-order valence-corrected chi connectivity index (χ2v) is 4.65. The first-order chi connectivity index (χ1) is 8.92. The Morgan fingerprint density at radius 3 is 2.37 bits per heavy atom. The lowest BCUT2D eigenvalue weighted by Crippen LogP contribution is -2.25. The van der Waals surface area contributed by atoms with Crippen molar-refractivity contribution in [2.24, 2.45) is 0 Å². The van der Waals surface area contributed by atoms with Crippen LogP contribution >= 0.6 is 0 Å². The summed E-state index contributed by atoms with van der Waals surface area (Å²) in [5, 5.41) is 17.7. The van der Waals surface area contributed by atoms with E-state index < -0.39 is 5.97 Å². The van der Waals surface area contributed by atoms with Gasteiger partial charge in [0.25, 0.3) is 0 Å². The van der Waals surface area contributed by atoms with Gasteiger partial charge < -0.3 is 10.0 Å². The highest BCUT2D eigenvalue weighted by Gasteiger charge is 2.22. The molecule has 0 fully saturated rings. The van der Waals surface area contributed by atoms with Crippen LogP contribution in [0.5, 0.6) is 0 Å². The SMILES string of the molecule is C=C(C)CN(C)c1nnc(CC)c(CC)c1C(=O)O. The lowest BCUT2D eigenvalue weighted by molar-refractivity contribution is 0.0695. The predicted molar refractivity (Wildman–Crippen MR) is 75.8 cm³/mol. The van der Waals surface area contributed by atoms with Crippen molar-refractivity contribution in [3.63, 3.8) is 0 Å². The van der Waals surface area contributed by atoms with Crippen molar-refractivity contribution in [1.82, 2.24) is 10.2 Å². The van der Waals surface area contributed by atoms with Gasteiger partial charge in [0, 0.05) is 13.6 Å². The highest BCUT2D eigenvalue weighted by atomic mass is 16.4. The maximum atomic E-state index is 11.5. The molecule has 19 heavy (non-hydrogen) atoms. The number of likely N-dealkylation sites (N-methyl/N-ethyl adjacent to an activating group) is 1. The van der Waals surface area contributed by atoms with Crippen LogP contribution in [0.2, 0.25) is 0 Å². The molecule has 1 aromatic rings. The van der Waals surface area contributed by atoms with Crippen LogP contribution in [0.3, 0.4) is 0 Å². The summed E-state index contributed by atoms with van der Waals surface area (Å²) < 4.78 is 0. The lowest BCUT2D eigenvalue weighted by atomic mass is 10.0. The largest absolute Gasteiger partial charge is 0.478 e. The number of anilines is 1. The van der Waals surface area contributed by atoms with Crippen molar-refractivity contribution in [2.45, 2.75) is 33.6 Å². The molecule has 1 aromatic heterocycles. The second kappa shape index (κ2) is 6.31. The van der Waals surface area contributed by atoms with Gasteiger partial charge in [-0.2, -0.15) is 5.10 Å². The number of carbonyl (C=O) groups is 1. The molecule has 104 valence electrons. The normalized spacial score (nSPS) is 10.3. The molecular formula is C14H21N3O2. The van der Waals surface area contributed by atoms with Crippen molar-refractivity contribution in [3.8, 4) is 0 Å². The Balaban J connectivity index is 3.39. The molecule has 0 saturated carbocycles. The van der Waals surface area contributed by atoms with Crippen molar-refractivity contribution in [2.75, 3.05) is 18.5 Å². The Bertz CT molecular complexity index is 498. The molecule has 0 aliphatic heterocycles. The van der Waals surface area contributed by atoms with Crippen LogP contribution in [0.25, 0.3) is 0 Å². The van der Waals surface area contributed by atoms with Crippen LogP contribution in [0.4, 0.5) is 5.82 Å². The van der Waals surface area contributed by atoms with Gasteiger partial charge in [0.05, 0.1) is 5.69 Å². The Morgan fingerprint density at radius 2 is 1.95 bits per heavy atom. The Hall–Kier alpha value is -1.91. The fourth-order valence-corrected chi connectivity index (χ4v) is 2.13. The highest BCUT2D eigenvalue weighted by Crippen LogP contribution is 2.23. The molecular weight excluding hydrogens is 242 g/mol. The monoisotopic (exact) mass is 263 g/mol. The molecule has 5 heteroatoms. The first-order valence-electron chi connectivity index (χ1n) is 6.39. The van der Waals surface area contributed by atoms with Crippen LogP contribution in [-0.2, 0) is 12.8 Å². The molecule has 0 bridgehead atoms. The lowest BCUT2D eigenvalue weighted by Gasteiger charge is -2.21. The third-order valence-corrected chi connectivity index (χ3v) is 2.91. The van der Waals surface area contributed by atoms with Crippen LogP contribution in [0.15, 0.2) is 12.2 Å². The zero-order valence-electron chi connectivity index (χ0n) is 12.0. The van der Waals surface area contributed by atoms with Gasteiger partial charge in [-0.3, -0.25) is 0 Å². The fraction of sp³-hybridized carbons (Fsp3) is 0.500. The van der Waals surface area contributed by atoms with Gasteiger partial charge in [-0.1, -0.05) is 26.0 Å². The number of aromatic carboxylic acids is 1. The minimum absolute atomic E-state index is 0.262. The van der Waals surface area contributed by atoms with Crippen LogP contribution in [0.1, 0.15) is 42.4 Å². The van der Waals surface area contributed by atoms with Gasteiger partial charge in [-0.05, 0) is 25.3 Å². The number of hydrogen-bond acceptors (Lipinski definition) is 4. The van der Waals surface area contributed by atoms with E-state index in [9.17, 15) is 9.90 Å². The number of aromatic nitrogens is 2. The molecule has 1 heterocycles. The number of hydrogen-bond donors (Lipinski definition) is 1. The topological polar surface area (TPSA) is 66.3 Å². The predicted octanol–water partition coefficient (Wildman–Crippen LogP) is 2.31. The van der Waals surface area contributed by atoms with Crippen LogP contribution in [-0.4, -0.2) is 34.9 Å². The summed E-state index contributed by atoms with van der Waals surface area (Å²) in [7, 11) is 1.80. The number of rotatable bonds is 6. The first-order valence-corrected chi connectivity index (χ1v) is 6.39. The zero-order chi connectivity index (χ0) is 14.6. The van der Waals surface area contributed by atoms with Gasteiger partial charge in [-0.25, -0.2) is 4.79 Å². The fourth-order valence-electron chi connectivity index (χ4n) is 2.13. The summed E-state index contributed by atoms with van der Waals surface area (Å²) in [6.07, 6.45) is 1.31. The van der Waals surface area contributed by atoms with E-state index in [0.29, 0.717) is 25.2 Å². The van der Waals surface area contributed by atoms with Gasteiger partial charge in [0.1, 0.15) is 5.56 Å². The standard InChI is InChI=1S/C14H21N3O2/c1-6-10-11(7-2)15-16-13(12(10)14(18)19)17(5)8-9(3)4/h3,6-8H2,1-2,4-5H3,(H,18,19). The quantitative estimate of drug-likeness (QED) is 0.798. The van der Waals surface area contributed by atoms with Gasteiger partial charge in [0.15, 0.2) is 5.82 Å². The zero-order valence-corrected chi connectivity index (χ0v) is 12.0. The summed E-state index contributed by atoms with van der Waals surface area (Å²) in [5.41, 5.74) is 2.73. The van der Waals surface area contributed by atoms with E-state index in [1.54, 1.807) is 11.9 Å². The molecule has 0 aliphatic carbocycles. The molecule has 0 unspecified atom stereocenters. The molecule has 0 aromatic carbocycles. The van der Waals surface area contributed by atoms with E-state index in [-0.39, 0.29) is 5.56 Å². The Morgan fingerprint density at radius 1 is 1.32 bits per heavy atom. The van der Waals surface area contributed by atoms with Gasteiger partial charge in [-0.15, -0.1) is 5.10 Å². The van der Waals surface area contributed by atoms with Crippen molar-refractivity contribution >= 4 is 11.8 Å². The first kappa shape index (κ1) is 15.1. The minimum atomic E-state index is -0.954. The van der Waals surface area contributed by atoms with Crippen molar-refractivity contribution < 1.29 is 9.90 Å². The third kappa shape index (κ3) is 3.30. The van der Waals surface area contributed by atoms with Crippen LogP contribution < -0.4 is 4.90 Å². The maximum Gasteiger partial charge on any atom is 0.339 e. The van der Waals surface area contributed by atoms with Crippen molar-refractivity contribution in [3.05, 3.63) is 29.0 Å². The number of carboxylic acid groups (broad SMARTS) is 1. The summed E-state index contributed by atoms with van der Waals surface area (Å²) in [4.78, 5) is 13.3. The number of nitrogens with zero attached hydrogens (tertiary/aromatic N) is 3. The highest BCUT2D eigenvalue weighted by molar-refractivity contribution is 5.95. The molecule has 0 saturated heterocycles. The van der Waals surface area contributed by atoms with E-state index in [1.807, 2.05) is 20.8 Å². The van der Waals surface area contributed by atoms with Crippen molar-refractivity contribution in [1.29, 1.82) is 0 Å². The number of carboxylic acids is 1. The Kier molecular flexibility index (Phi) is 5.03. The Labute approximate surface area is 114 Å². The molecule has 0 amide bonds. The van der Waals surface area contributed by atoms with Gasteiger partial charge >= 0.3 is 5.97 Å².